The van der Waals surface area contributed by atoms with Gasteiger partial charge in [-0.15, -0.1) is 12.4 Å². The SMILES string of the molecule is Cc1ccc(C2CNCCO2)cc1.Cl. The van der Waals surface area contributed by atoms with Gasteiger partial charge in [0.15, 0.2) is 0 Å². The lowest BCUT2D eigenvalue weighted by molar-refractivity contribution is 0.0277. The molecule has 0 bridgehead atoms. The number of halogens is 1. The van der Waals surface area contributed by atoms with E-state index in [1.54, 1.807) is 0 Å². The van der Waals surface area contributed by atoms with Crippen LogP contribution in [0.15, 0.2) is 24.3 Å². The van der Waals surface area contributed by atoms with E-state index in [0.29, 0.717) is 0 Å². The van der Waals surface area contributed by atoms with Gasteiger partial charge in [0.25, 0.3) is 0 Å². The number of aryl methyl sites for hydroxylation is 1. The molecular formula is C11H16ClNO. The maximum absolute atomic E-state index is 5.64. The summed E-state index contributed by atoms with van der Waals surface area (Å²) >= 11 is 0. The van der Waals surface area contributed by atoms with Crippen molar-refractivity contribution < 1.29 is 4.74 Å². The minimum Gasteiger partial charge on any atom is -0.371 e. The minimum absolute atomic E-state index is 0. The van der Waals surface area contributed by atoms with Crippen LogP contribution in [0.3, 0.4) is 0 Å². The molecule has 2 rings (SSSR count). The van der Waals surface area contributed by atoms with Crippen LogP contribution in [0, 0.1) is 6.92 Å². The molecule has 3 heteroatoms. The highest BCUT2D eigenvalue weighted by atomic mass is 35.5. The molecule has 1 saturated heterocycles. The molecule has 0 radical (unpaired) electrons. The van der Waals surface area contributed by atoms with E-state index < -0.39 is 0 Å². The Morgan fingerprint density at radius 1 is 1.29 bits per heavy atom. The Morgan fingerprint density at radius 2 is 2.00 bits per heavy atom. The van der Waals surface area contributed by atoms with Crippen molar-refractivity contribution in [1.82, 2.24) is 5.32 Å². The van der Waals surface area contributed by atoms with Gasteiger partial charge in [0, 0.05) is 13.1 Å². The molecule has 0 saturated carbocycles. The third-order valence-corrected chi connectivity index (χ3v) is 2.38. The zero-order valence-corrected chi connectivity index (χ0v) is 9.14. The molecule has 1 atom stereocenters. The van der Waals surface area contributed by atoms with Gasteiger partial charge in [-0.25, -0.2) is 0 Å². The van der Waals surface area contributed by atoms with Crippen molar-refractivity contribution in [2.75, 3.05) is 19.7 Å². The molecule has 0 spiro atoms. The molecular weight excluding hydrogens is 198 g/mol. The van der Waals surface area contributed by atoms with Crippen molar-refractivity contribution in [3.8, 4) is 0 Å². The molecule has 14 heavy (non-hydrogen) atoms. The van der Waals surface area contributed by atoms with Gasteiger partial charge in [0.1, 0.15) is 0 Å². The summed E-state index contributed by atoms with van der Waals surface area (Å²) in [5.41, 5.74) is 2.57. The second-order valence-electron chi connectivity index (χ2n) is 3.47. The molecule has 1 unspecified atom stereocenters. The van der Waals surface area contributed by atoms with Crippen LogP contribution in [-0.4, -0.2) is 19.7 Å². The van der Waals surface area contributed by atoms with E-state index in [1.807, 2.05) is 0 Å². The van der Waals surface area contributed by atoms with E-state index in [0.717, 1.165) is 19.7 Å². The van der Waals surface area contributed by atoms with Crippen molar-refractivity contribution in [2.45, 2.75) is 13.0 Å². The maximum atomic E-state index is 5.64. The molecule has 0 aliphatic carbocycles. The molecule has 2 nitrogen and oxygen atoms in total. The number of hydrogen-bond acceptors (Lipinski definition) is 2. The average molecular weight is 214 g/mol. The van der Waals surface area contributed by atoms with Crippen molar-refractivity contribution in [1.29, 1.82) is 0 Å². The van der Waals surface area contributed by atoms with Crippen LogP contribution in [0.1, 0.15) is 17.2 Å². The average Bonchev–Trinajstić information content (AvgIpc) is 2.20. The van der Waals surface area contributed by atoms with Crippen molar-refractivity contribution in [3.63, 3.8) is 0 Å². The molecule has 1 fully saturated rings. The van der Waals surface area contributed by atoms with Gasteiger partial charge in [-0.2, -0.15) is 0 Å². The first-order valence-electron chi connectivity index (χ1n) is 4.75. The summed E-state index contributed by atoms with van der Waals surface area (Å²) < 4.78 is 5.64. The Labute approximate surface area is 91.1 Å². The van der Waals surface area contributed by atoms with Crippen LogP contribution < -0.4 is 5.32 Å². The molecule has 1 heterocycles. The first-order valence-corrected chi connectivity index (χ1v) is 4.75. The largest absolute Gasteiger partial charge is 0.371 e. The highest BCUT2D eigenvalue weighted by Crippen LogP contribution is 2.18. The molecule has 1 aromatic carbocycles. The van der Waals surface area contributed by atoms with E-state index in [1.165, 1.54) is 11.1 Å². The predicted octanol–water partition coefficient (Wildman–Crippen LogP) is 2.08. The van der Waals surface area contributed by atoms with E-state index in [9.17, 15) is 0 Å². The van der Waals surface area contributed by atoms with E-state index in [4.69, 9.17) is 4.74 Å². The quantitative estimate of drug-likeness (QED) is 0.772. The number of ether oxygens (including phenoxy) is 1. The summed E-state index contributed by atoms with van der Waals surface area (Å²) in [5, 5.41) is 3.32. The molecule has 0 amide bonds. The zero-order chi connectivity index (χ0) is 9.10. The predicted molar refractivity (Wildman–Crippen MR) is 60.0 cm³/mol. The van der Waals surface area contributed by atoms with Gasteiger partial charge in [-0.3, -0.25) is 0 Å². The Balaban J connectivity index is 0.000000980. The van der Waals surface area contributed by atoms with Gasteiger partial charge in [-0.1, -0.05) is 29.8 Å². The van der Waals surface area contributed by atoms with Crippen LogP contribution in [0.5, 0.6) is 0 Å². The van der Waals surface area contributed by atoms with E-state index in [2.05, 4.69) is 36.5 Å². The summed E-state index contributed by atoms with van der Waals surface area (Å²) in [7, 11) is 0. The van der Waals surface area contributed by atoms with E-state index >= 15 is 0 Å². The van der Waals surface area contributed by atoms with E-state index in [-0.39, 0.29) is 18.5 Å². The van der Waals surface area contributed by atoms with Gasteiger partial charge >= 0.3 is 0 Å². The third-order valence-electron chi connectivity index (χ3n) is 2.38. The monoisotopic (exact) mass is 213 g/mol. The van der Waals surface area contributed by atoms with Gasteiger partial charge < -0.3 is 10.1 Å². The summed E-state index contributed by atoms with van der Waals surface area (Å²) in [6.07, 6.45) is 0.245. The standard InChI is InChI=1S/C11H15NO.ClH/c1-9-2-4-10(5-3-9)11-8-12-6-7-13-11;/h2-5,11-12H,6-8H2,1H3;1H. The molecule has 78 valence electrons. The number of nitrogens with one attached hydrogen (secondary N) is 1. The Hall–Kier alpha value is -0.570. The summed E-state index contributed by atoms with van der Waals surface area (Å²) in [6, 6.07) is 8.56. The zero-order valence-electron chi connectivity index (χ0n) is 8.32. The Bertz CT molecular complexity index is 267. The smallest absolute Gasteiger partial charge is 0.0949 e. The third kappa shape index (κ3) is 2.71. The van der Waals surface area contributed by atoms with Crippen LogP contribution in [0.25, 0.3) is 0 Å². The fourth-order valence-corrected chi connectivity index (χ4v) is 1.56. The molecule has 1 aromatic rings. The fourth-order valence-electron chi connectivity index (χ4n) is 1.56. The van der Waals surface area contributed by atoms with Crippen LogP contribution in [0.2, 0.25) is 0 Å². The molecule has 1 aliphatic rings. The highest BCUT2D eigenvalue weighted by Gasteiger charge is 2.14. The fraction of sp³-hybridized carbons (Fsp3) is 0.455. The number of benzene rings is 1. The number of hydrogen-bond donors (Lipinski definition) is 1. The minimum atomic E-state index is 0. The first-order chi connectivity index (χ1) is 6.36. The first kappa shape index (κ1) is 11.5. The van der Waals surface area contributed by atoms with Crippen molar-refractivity contribution in [3.05, 3.63) is 35.4 Å². The van der Waals surface area contributed by atoms with Crippen molar-refractivity contribution in [2.24, 2.45) is 0 Å². The Morgan fingerprint density at radius 3 is 2.57 bits per heavy atom. The summed E-state index contributed by atoms with van der Waals surface area (Å²) in [4.78, 5) is 0. The molecule has 0 aromatic heterocycles. The summed E-state index contributed by atoms with van der Waals surface area (Å²) in [5.74, 6) is 0. The number of rotatable bonds is 1. The lowest BCUT2D eigenvalue weighted by atomic mass is 10.1. The number of morpholine rings is 1. The van der Waals surface area contributed by atoms with Gasteiger partial charge in [0.2, 0.25) is 0 Å². The van der Waals surface area contributed by atoms with Crippen molar-refractivity contribution >= 4 is 12.4 Å². The van der Waals surface area contributed by atoms with Gasteiger partial charge in [0.05, 0.1) is 12.7 Å². The van der Waals surface area contributed by atoms with Crippen LogP contribution in [-0.2, 0) is 4.74 Å². The lowest BCUT2D eigenvalue weighted by Gasteiger charge is -2.23. The Kier molecular flexibility index (Phi) is 4.39. The molecule has 1 N–H and O–H groups in total. The van der Waals surface area contributed by atoms with Crippen LogP contribution >= 0.6 is 12.4 Å². The summed E-state index contributed by atoms with van der Waals surface area (Å²) in [6.45, 7) is 4.83. The maximum Gasteiger partial charge on any atom is 0.0949 e. The van der Waals surface area contributed by atoms with Gasteiger partial charge in [-0.05, 0) is 12.5 Å². The topological polar surface area (TPSA) is 21.3 Å². The normalized spacial score (nSPS) is 21.4. The second-order valence-corrected chi connectivity index (χ2v) is 3.47. The second kappa shape index (κ2) is 5.35. The molecule has 1 aliphatic heterocycles. The van der Waals surface area contributed by atoms with Crippen LogP contribution in [0.4, 0.5) is 0 Å². The highest BCUT2D eigenvalue weighted by molar-refractivity contribution is 5.85. The lowest BCUT2D eigenvalue weighted by Crippen LogP contribution is -2.33.